The summed E-state index contributed by atoms with van der Waals surface area (Å²) >= 11 is 0. The zero-order valence-corrected chi connectivity index (χ0v) is 10.9. The van der Waals surface area contributed by atoms with E-state index in [4.69, 9.17) is 5.11 Å². The van der Waals surface area contributed by atoms with Crippen LogP contribution in [0.15, 0.2) is 12.4 Å². The van der Waals surface area contributed by atoms with E-state index in [2.05, 4.69) is 10.4 Å². The van der Waals surface area contributed by atoms with E-state index in [0.29, 0.717) is 5.69 Å². The van der Waals surface area contributed by atoms with Gasteiger partial charge in [-0.25, -0.2) is 0 Å². The van der Waals surface area contributed by atoms with Gasteiger partial charge in [-0.15, -0.1) is 0 Å². The highest BCUT2D eigenvalue weighted by atomic mass is 16.4. The lowest BCUT2D eigenvalue weighted by Crippen LogP contribution is -2.16. The molecule has 1 amide bonds. The molecule has 0 saturated carbocycles. The van der Waals surface area contributed by atoms with Gasteiger partial charge in [0.15, 0.2) is 0 Å². The summed E-state index contributed by atoms with van der Waals surface area (Å²) in [6.45, 7) is 5.73. The molecule has 0 saturated heterocycles. The highest BCUT2D eigenvalue weighted by Crippen LogP contribution is 2.12. The average Bonchev–Trinajstić information content (AvgIpc) is 2.63. The Balaban J connectivity index is 2.46. The summed E-state index contributed by atoms with van der Waals surface area (Å²) in [6, 6.07) is 0.238. The van der Waals surface area contributed by atoms with E-state index < -0.39 is 5.97 Å². The van der Waals surface area contributed by atoms with Crippen LogP contribution in [0.4, 0.5) is 5.69 Å². The fraction of sp³-hybridized carbons (Fsp3) is 0.583. The molecule has 1 unspecified atom stereocenters. The molecular weight excluding hydrogens is 234 g/mol. The normalized spacial score (nSPS) is 12.4. The Morgan fingerprint density at radius 3 is 2.56 bits per heavy atom. The number of aliphatic carboxylic acids is 1. The minimum atomic E-state index is -0.886. The summed E-state index contributed by atoms with van der Waals surface area (Å²) in [5.41, 5.74) is 0.635. The number of nitrogens with zero attached hydrogens (tertiary/aromatic N) is 2. The number of nitrogens with one attached hydrogen (secondary N) is 1. The SMILES string of the molecule is CC(CC(=O)O)CC(=O)Nc1cnn(C(C)C)c1. The van der Waals surface area contributed by atoms with Crippen LogP contribution >= 0.6 is 0 Å². The average molecular weight is 253 g/mol. The van der Waals surface area contributed by atoms with Crippen LogP contribution in [-0.4, -0.2) is 26.8 Å². The number of carbonyl (C=O) groups excluding carboxylic acids is 1. The number of carboxylic acid groups (broad SMARTS) is 1. The van der Waals surface area contributed by atoms with Crippen LogP contribution < -0.4 is 5.32 Å². The Labute approximate surface area is 106 Å². The molecule has 0 fully saturated rings. The van der Waals surface area contributed by atoms with Crippen LogP contribution in [0, 0.1) is 5.92 Å². The van der Waals surface area contributed by atoms with Crippen LogP contribution in [0.3, 0.4) is 0 Å². The van der Waals surface area contributed by atoms with Crippen molar-refractivity contribution in [3.05, 3.63) is 12.4 Å². The third-order valence-electron chi connectivity index (χ3n) is 2.47. The number of carboxylic acids is 1. The number of anilines is 1. The second-order valence-corrected chi connectivity index (χ2v) is 4.76. The molecule has 0 spiro atoms. The van der Waals surface area contributed by atoms with Crippen molar-refractivity contribution in [2.24, 2.45) is 5.92 Å². The minimum absolute atomic E-state index is 0.00131. The van der Waals surface area contributed by atoms with Gasteiger partial charge in [-0.1, -0.05) is 6.92 Å². The zero-order chi connectivity index (χ0) is 13.7. The number of carbonyl (C=O) groups is 2. The van der Waals surface area contributed by atoms with E-state index in [9.17, 15) is 9.59 Å². The molecule has 1 atom stereocenters. The zero-order valence-electron chi connectivity index (χ0n) is 10.9. The van der Waals surface area contributed by atoms with Gasteiger partial charge in [0.05, 0.1) is 11.9 Å². The largest absolute Gasteiger partial charge is 0.481 e. The molecule has 0 aliphatic heterocycles. The third kappa shape index (κ3) is 4.57. The van der Waals surface area contributed by atoms with Crippen LogP contribution in [0.5, 0.6) is 0 Å². The Morgan fingerprint density at radius 1 is 1.39 bits per heavy atom. The van der Waals surface area contributed by atoms with Crippen LogP contribution in [0.2, 0.25) is 0 Å². The summed E-state index contributed by atoms with van der Waals surface area (Å²) < 4.78 is 1.75. The maximum atomic E-state index is 11.6. The number of rotatable bonds is 6. The molecule has 0 aliphatic carbocycles. The second kappa shape index (κ2) is 6.18. The van der Waals surface area contributed by atoms with Gasteiger partial charge in [0.25, 0.3) is 0 Å². The molecule has 6 nitrogen and oxygen atoms in total. The van der Waals surface area contributed by atoms with Gasteiger partial charge in [-0.05, 0) is 19.8 Å². The maximum absolute atomic E-state index is 11.6. The van der Waals surface area contributed by atoms with Gasteiger partial charge in [-0.3, -0.25) is 14.3 Å². The first kappa shape index (κ1) is 14.2. The van der Waals surface area contributed by atoms with E-state index in [1.54, 1.807) is 24.0 Å². The number of hydrogen-bond donors (Lipinski definition) is 2. The van der Waals surface area contributed by atoms with E-state index in [1.165, 1.54) is 0 Å². The summed E-state index contributed by atoms with van der Waals surface area (Å²) in [4.78, 5) is 22.1. The summed E-state index contributed by atoms with van der Waals surface area (Å²) in [5.74, 6) is -1.25. The first-order chi connectivity index (χ1) is 8.38. The summed E-state index contributed by atoms with van der Waals surface area (Å²) in [5, 5.41) is 15.4. The smallest absolute Gasteiger partial charge is 0.303 e. The minimum Gasteiger partial charge on any atom is -0.481 e. The Morgan fingerprint density at radius 2 is 2.06 bits per heavy atom. The van der Waals surface area contributed by atoms with Gasteiger partial charge in [-0.2, -0.15) is 5.10 Å². The Kier molecular flexibility index (Phi) is 4.88. The van der Waals surface area contributed by atoms with Crippen LogP contribution in [-0.2, 0) is 9.59 Å². The lowest BCUT2D eigenvalue weighted by molar-refractivity contribution is -0.138. The molecule has 0 aromatic carbocycles. The Bertz CT molecular complexity index is 426. The molecule has 18 heavy (non-hydrogen) atoms. The Hall–Kier alpha value is -1.85. The van der Waals surface area contributed by atoms with Crippen molar-refractivity contribution in [2.45, 2.75) is 39.7 Å². The van der Waals surface area contributed by atoms with E-state index in [1.807, 2.05) is 13.8 Å². The maximum Gasteiger partial charge on any atom is 0.303 e. The molecule has 1 heterocycles. The second-order valence-electron chi connectivity index (χ2n) is 4.76. The fourth-order valence-corrected chi connectivity index (χ4v) is 1.58. The molecule has 0 radical (unpaired) electrons. The topological polar surface area (TPSA) is 84.2 Å². The molecule has 6 heteroatoms. The molecule has 0 aliphatic rings. The molecule has 100 valence electrons. The van der Waals surface area contributed by atoms with E-state index in [0.717, 1.165) is 0 Å². The molecular formula is C12H19N3O3. The van der Waals surface area contributed by atoms with Crippen molar-refractivity contribution in [1.82, 2.24) is 9.78 Å². The quantitative estimate of drug-likeness (QED) is 0.811. The van der Waals surface area contributed by atoms with Crippen molar-refractivity contribution >= 4 is 17.6 Å². The molecule has 0 bridgehead atoms. The predicted molar refractivity (Wildman–Crippen MR) is 67.3 cm³/mol. The van der Waals surface area contributed by atoms with Crippen molar-refractivity contribution in [1.29, 1.82) is 0 Å². The summed E-state index contributed by atoms with van der Waals surface area (Å²) in [6.07, 6.45) is 3.53. The van der Waals surface area contributed by atoms with Gasteiger partial charge in [0.1, 0.15) is 0 Å². The lowest BCUT2D eigenvalue weighted by Gasteiger charge is -2.08. The monoisotopic (exact) mass is 253 g/mol. The van der Waals surface area contributed by atoms with Gasteiger partial charge < -0.3 is 10.4 Å². The molecule has 2 N–H and O–H groups in total. The number of hydrogen-bond acceptors (Lipinski definition) is 3. The van der Waals surface area contributed by atoms with Crippen molar-refractivity contribution in [3.63, 3.8) is 0 Å². The van der Waals surface area contributed by atoms with Crippen molar-refractivity contribution in [3.8, 4) is 0 Å². The van der Waals surface area contributed by atoms with Crippen LogP contribution in [0.1, 0.15) is 39.7 Å². The van der Waals surface area contributed by atoms with Crippen molar-refractivity contribution in [2.75, 3.05) is 5.32 Å². The number of amides is 1. The van der Waals surface area contributed by atoms with Crippen LogP contribution in [0.25, 0.3) is 0 Å². The fourth-order valence-electron chi connectivity index (χ4n) is 1.58. The first-order valence-electron chi connectivity index (χ1n) is 5.94. The summed E-state index contributed by atoms with van der Waals surface area (Å²) in [7, 11) is 0. The highest BCUT2D eigenvalue weighted by Gasteiger charge is 2.13. The number of aromatic nitrogens is 2. The van der Waals surface area contributed by atoms with E-state index in [-0.39, 0.29) is 30.7 Å². The van der Waals surface area contributed by atoms with Gasteiger partial charge in [0, 0.05) is 25.1 Å². The third-order valence-corrected chi connectivity index (χ3v) is 2.47. The predicted octanol–water partition coefficient (Wildman–Crippen LogP) is 1.90. The molecule has 1 aromatic rings. The molecule has 1 aromatic heterocycles. The van der Waals surface area contributed by atoms with Gasteiger partial charge >= 0.3 is 5.97 Å². The standard InChI is InChI=1S/C12H19N3O3/c1-8(2)15-7-10(6-13-15)14-11(16)4-9(3)5-12(17)18/h6-9H,4-5H2,1-3H3,(H,14,16)(H,17,18). The lowest BCUT2D eigenvalue weighted by atomic mass is 10.0. The highest BCUT2D eigenvalue weighted by molar-refractivity contribution is 5.90. The first-order valence-corrected chi connectivity index (χ1v) is 5.94. The molecule has 1 rings (SSSR count). The van der Waals surface area contributed by atoms with Gasteiger partial charge in [0.2, 0.25) is 5.91 Å². The van der Waals surface area contributed by atoms with E-state index >= 15 is 0 Å². The van der Waals surface area contributed by atoms with Crippen molar-refractivity contribution < 1.29 is 14.7 Å².